The van der Waals surface area contributed by atoms with Crippen LogP contribution < -0.4 is 16.4 Å². The molecule has 1 aliphatic heterocycles. The summed E-state index contributed by atoms with van der Waals surface area (Å²) in [6, 6.07) is 19.1. The molecule has 4 aromatic rings. The van der Waals surface area contributed by atoms with Crippen LogP contribution in [-0.2, 0) is 0 Å². The standard InChI is InChI=1S/C24H24N6O/c25-23-21-20(12-14-27-23)30(19-7-4-13-26-15-19)29-22(21)16-8-10-18(11-9-16)28-24(31)17-5-2-1-3-6-17/h1-3,5-6,8-12,14,19,26H,4,7,13,15H2,(H2,25,27)(H,28,31). The summed E-state index contributed by atoms with van der Waals surface area (Å²) in [5.41, 5.74) is 10.4. The van der Waals surface area contributed by atoms with Gasteiger partial charge in [0.25, 0.3) is 5.91 Å². The van der Waals surface area contributed by atoms with Gasteiger partial charge in [-0.25, -0.2) is 4.98 Å². The SMILES string of the molecule is Nc1nccc2c1c(-c1ccc(NC(=O)c3ccccc3)cc1)nn2C1CCCNC1. The maximum atomic E-state index is 12.4. The van der Waals surface area contributed by atoms with Gasteiger partial charge in [-0.2, -0.15) is 5.10 Å². The number of rotatable bonds is 4. The van der Waals surface area contributed by atoms with Crippen molar-refractivity contribution >= 4 is 28.3 Å². The second-order valence-corrected chi connectivity index (χ2v) is 7.78. The molecule has 0 radical (unpaired) electrons. The second-order valence-electron chi connectivity index (χ2n) is 7.78. The van der Waals surface area contributed by atoms with Crippen LogP contribution in [0.25, 0.3) is 22.2 Å². The molecule has 4 N–H and O–H groups in total. The molecule has 7 nitrogen and oxygen atoms in total. The van der Waals surface area contributed by atoms with E-state index in [4.69, 9.17) is 10.8 Å². The minimum atomic E-state index is -0.138. The van der Waals surface area contributed by atoms with Crippen LogP contribution in [0.3, 0.4) is 0 Å². The van der Waals surface area contributed by atoms with Gasteiger partial charge in [0.05, 0.1) is 16.9 Å². The number of carbonyl (C=O) groups is 1. The van der Waals surface area contributed by atoms with Gasteiger partial charge >= 0.3 is 0 Å². The quantitative estimate of drug-likeness (QED) is 0.473. The lowest BCUT2D eigenvalue weighted by molar-refractivity contribution is 0.102. The maximum Gasteiger partial charge on any atom is 0.255 e. The van der Waals surface area contributed by atoms with Crippen LogP contribution in [0, 0.1) is 0 Å². The van der Waals surface area contributed by atoms with Crippen molar-refractivity contribution in [3.8, 4) is 11.3 Å². The number of hydrogen-bond acceptors (Lipinski definition) is 5. The van der Waals surface area contributed by atoms with Gasteiger partial charge in [-0.15, -0.1) is 0 Å². The van der Waals surface area contributed by atoms with Crippen LogP contribution >= 0.6 is 0 Å². The van der Waals surface area contributed by atoms with E-state index < -0.39 is 0 Å². The molecule has 1 fully saturated rings. The summed E-state index contributed by atoms with van der Waals surface area (Å²) in [5.74, 6) is 0.338. The van der Waals surface area contributed by atoms with Crippen molar-refractivity contribution < 1.29 is 4.79 Å². The Morgan fingerprint density at radius 3 is 2.65 bits per heavy atom. The molecule has 5 rings (SSSR count). The molecule has 1 aliphatic rings. The largest absolute Gasteiger partial charge is 0.383 e. The molecular formula is C24H24N6O. The summed E-state index contributed by atoms with van der Waals surface area (Å²) in [5, 5.41) is 12.2. The van der Waals surface area contributed by atoms with Crippen LogP contribution in [-0.4, -0.2) is 33.8 Å². The first-order valence-electron chi connectivity index (χ1n) is 10.5. The highest BCUT2D eigenvalue weighted by molar-refractivity contribution is 6.04. The number of benzene rings is 2. The number of pyridine rings is 1. The number of hydrogen-bond donors (Lipinski definition) is 3. The normalized spacial score (nSPS) is 16.3. The molecule has 0 spiro atoms. The van der Waals surface area contributed by atoms with Gasteiger partial charge < -0.3 is 16.4 Å². The monoisotopic (exact) mass is 412 g/mol. The highest BCUT2D eigenvalue weighted by atomic mass is 16.1. The first-order valence-corrected chi connectivity index (χ1v) is 10.5. The van der Waals surface area contributed by atoms with E-state index in [0.717, 1.165) is 53.8 Å². The summed E-state index contributed by atoms with van der Waals surface area (Å²) in [6.07, 6.45) is 3.94. The fourth-order valence-corrected chi connectivity index (χ4v) is 4.14. The lowest BCUT2D eigenvalue weighted by Gasteiger charge is -2.23. The predicted octanol–water partition coefficient (Wildman–Crippen LogP) is 3.86. The first kappa shape index (κ1) is 19.3. The lowest BCUT2D eigenvalue weighted by Crippen LogP contribution is -2.32. The number of carbonyl (C=O) groups excluding carboxylic acids is 1. The van der Waals surface area contributed by atoms with Gasteiger partial charge in [-0.3, -0.25) is 9.48 Å². The Morgan fingerprint density at radius 1 is 1.10 bits per heavy atom. The third kappa shape index (κ3) is 3.75. The zero-order valence-corrected chi connectivity index (χ0v) is 17.1. The zero-order valence-electron chi connectivity index (χ0n) is 17.1. The fraction of sp³-hybridized carbons (Fsp3) is 0.208. The molecule has 0 saturated carbocycles. The summed E-state index contributed by atoms with van der Waals surface area (Å²) >= 11 is 0. The highest BCUT2D eigenvalue weighted by Gasteiger charge is 2.22. The Balaban J connectivity index is 1.47. The number of nitrogens with one attached hydrogen (secondary N) is 2. The molecule has 7 heteroatoms. The molecule has 156 valence electrons. The molecule has 0 bridgehead atoms. The molecule has 2 aromatic heterocycles. The van der Waals surface area contributed by atoms with Crippen molar-refractivity contribution in [3.05, 3.63) is 72.4 Å². The Morgan fingerprint density at radius 2 is 1.90 bits per heavy atom. The van der Waals surface area contributed by atoms with Crippen molar-refractivity contribution in [3.63, 3.8) is 0 Å². The summed E-state index contributed by atoms with van der Waals surface area (Å²) < 4.78 is 2.08. The summed E-state index contributed by atoms with van der Waals surface area (Å²) in [7, 11) is 0. The summed E-state index contributed by atoms with van der Waals surface area (Å²) in [6.45, 7) is 1.94. The number of nitrogen functional groups attached to an aromatic ring is 1. The zero-order chi connectivity index (χ0) is 21.2. The minimum Gasteiger partial charge on any atom is -0.383 e. The first-order chi connectivity index (χ1) is 15.2. The smallest absolute Gasteiger partial charge is 0.255 e. The van der Waals surface area contributed by atoms with Crippen molar-refractivity contribution in [1.29, 1.82) is 0 Å². The van der Waals surface area contributed by atoms with E-state index in [0.29, 0.717) is 11.4 Å². The van der Waals surface area contributed by atoms with E-state index >= 15 is 0 Å². The van der Waals surface area contributed by atoms with Gasteiger partial charge in [0.15, 0.2) is 0 Å². The minimum absolute atomic E-state index is 0.138. The third-order valence-corrected chi connectivity index (χ3v) is 5.72. The Bertz CT molecular complexity index is 1210. The molecule has 1 atom stereocenters. The molecule has 1 saturated heterocycles. The number of piperidine rings is 1. The third-order valence-electron chi connectivity index (χ3n) is 5.72. The topological polar surface area (TPSA) is 97.9 Å². The molecular weight excluding hydrogens is 388 g/mol. The average molecular weight is 412 g/mol. The lowest BCUT2D eigenvalue weighted by atomic mass is 10.1. The average Bonchev–Trinajstić information content (AvgIpc) is 3.22. The van der Waals surface area contributed by atoms with Gasteiger partial charge in [0.2, 0.25) is 0 Å². The number of amides is 1. The molecule has 1 unspecified atom stereocenters. The van der Waals surface area contributed by atoms with E-state index in [2.05, 4.69) is 20.3 Å². The van der Waals surface area contributed by atoms with Crippen molar-refractivity contribution in [2.45, 2.75) is 18.9 Å². The van der Waals surface area contributed by atoms with Gasteiger partial charge in [0, 0.05) is 29.6 Å². The van der Waals surface area contributed by atoms with E-state index in [1.165, 1.54) is 0 Å². The Kier molecular flexibility index (Phi) is 5.09. The second kappa shape index (κ2) is 8.20. The summed E-state index contributed by atoms with van der Waals surface area (Å²) in [4.78, 5) is 16.7. The van der Waals surface area contributed by atoms with Gasteiger partial charge in [-0.05, 0) is 49.7 Å². The fourth-order valence-electron chi connectivity index (χ4n) is 4.14. The number of aromatic nitrogens is 3. The van der Waals surface area contributed by atoms with Crippen LogP contribution in [0.1, 0.15) is 29.2 Å². The highest BCUT2D eigenvalue weighted by Crippen LogP contribution is 2.34. The van der Waals surface area contributed by atoms with E-state index in [1.54, 1.807) is 18.3 Å². The number of nitrogens with zero attached hydrogens (tertiary/aromatic N) is 3. The number of nitrogens with two attached hydrogens (primary N) is 1. The van der Waals surface area contributed by atoms with Crippen molar-refractivity contribution in [2.24, 2.45) is 0 Å². The van der Waals surface area contributed by atoms with Crippen LogP contribution in [0.4, 0.5) is 11.5 Å². The predicted molar refractivity (Wildman–Crippen MR) is 123 cm³/mol. The molecule has 1 amide bonds. The van der Waals surface area contributed by atoms with Crippen molar-refractivity contribution in [2.75, 3.05) is 24.1 Å². The molecule has 31 heavy (non-hydrogen) atoms. The van der Waals surface area contributed by atoms with Crippen LogP contribution in [0.5, 0.6) is 0 Å². The number of fused-ring (bicyclic) bond motifs is 1. The van der Waals surface area contributed by atoms with Gasteiger partial charge in [0.1, 0.15) is 11.5 Å². The molecule has 3 heterocycles. The van der Waals surface area contributed by atoms with Crippen LogP contribution in [0.15, 0.2) is 66.9 Å². The molecule has 2 aromatic carbocycles. The number of anilines is 2. The Labute approximate surface area is 180 Å². The molecule has 0 aliphatic carbocycles. The van der Waals surface area contributed by atoms with E-state index in [-0.39, 0.29) is 11.9 Å². The van der Waals surface area contributed by atoms with E-state index in [1.807, 2.05) is 48.5 Å². The van der Waals surface area contributed by atoms with Crippen molar-refractivity contribution in [1.82, 2.24) is 20.1 Å². The maximum absolute atomic E-state index is 12.4. The van der Waals surface area contributed by atoms with Crippen LogP contribution in [0.2, 0.25) is 0 Å². The van der Waals surface area contributed by atoms with E-state index in [9.17, 15) is 4.79 Å². The van der Waals surface area contributed by atoms with Gasteiger partial charge in [-0.1, -0.05) is 30.3 Å². The Hall–Kier alpha value is -3.71.